The summed E-state index contributed by atoms with van der Waals surface area (Å²) in [7, 11) is 0. The topological polar surface area (TPSA) is 85.1 Å². The van der Waals surface area contributed by atoms with Crippen molar-refractivity contribution in [3.05, 3.63) is 22.0 Å². The molecular weight excluding hydrogens is 469 g/mol. The number of hydrogen-bond acceptors (Lipinski definition) is 9. The lowest BCUT2D eigenvalue weighted by Crippen LogP contribution is -2.14. The number of amides is 1. The zero-order chi connectivity index (χ0) is 21.5. The summed E-state index contributed by atoms with van der Waals surface area (Å²) < 4.78 is 2.04. The van der Waals surface area contributed by atoms with Crippen LogP contribution in [0, 0.1) is 0 Å². The van der Waals surface area contributed by atoms with Gasteiger partial charge in [-0.05, 0) is 30.7 Å². The van der Waals surface area contributed by atoms with Crippen LogP contribution < -0.4 is 5.32 Å². The van der Waals surface area contributed by atoms with Gasteiger partial charge in [-0.1, -0.05) is 44.3 Å². The van der Waals surface area contributed by atoms with Crippen LogP contribution in [-0.2, 0) is 11.2 Å². The smallest absolute Gasteiger partial charge is 0.236 e. The molecule has 0 bridgehead atoms. The van der Waals surface area contributed by atoms with E-state index >= 15 is 0 Å². The van der Waals surface area contributed by atoms with Crippen LogP contribution in [-0.4, -0.2) is 41.5 Å². The van der Waals surface area contributed by atoms with E-state index in [1.165, 1.54) is 46.4 Å². The van der Waals surface area contributed by atoms with Gasteiger partial charge in [0.15, 0.2) is 21.1 Å². The Balaban J connectivity index is 1.55. The molecular formula is C20H22N6OS4. The van der Waals surface area contributed by atoms with E-state index in [9.17, 15) is 4.79 Å². The molecule has 11 heteroatoms. The summed E-state index contributed by atoms with van der Waals surface area (Å²) in [5, 5.41) is 17.4. The Morgan fingerprint density at radius 1 is 1.35 bits per heavy atom. The molecule has 7 nitrogen and oxygen atoms in total. The predicted octanol–water partition coefficient (Wildman–Crippen LogP) is 5.47. The van der Waals surface area contributed by atoms with Crippen molar-refractivity contribution in [2.24, 2.45) is 0 Å². The summed E-state index contributed by atoms with van der Waals surface area (Å²) in [6.45, 7) is 6.61. The molecule has 162 valence electrons. The minimum atomic E-state index is -0.106. The molecule has 0 saturated heterocycles. The second kappa shape index (κ2) is 8.68. The average Bonchev–Trinajstić information content (AvgIpc) is 3.44. The molecule has 31 heavy (non-hydrogen) atoms. The van der Waals surface area contributed by atoms with Crippen LogP contribution in [0.3, 0.4) is 0 Å². The molecule has 4 heterocycles. The first-order chi connectivity index (χ1) is 15.0. The highest BCUT2D eigenvalue weighted by atomic mass is 32.2. The predicted molar refractivity (Wildman–Crippen MR) is 130 cm³/mol. The Morgan fingerprint density at radius 3 is 3.00 bits per heavy atom. The molecule has 0 unspecified atom stereocenters. The highest BCUT2D eigenvalue weighted by Gasteiger charge is 2.27. The lowest BCUT2D eigenvalue weighted by Gasteiger charge is -2.18. The number of rotatable bonds is 6. The maximum Gasteiger partial charge on any atom is 0.236 e. The maximum absolute atomic E-state index is 12.4. The third-order valence-electron chi connectivity index (χ3n) is 5.13. The minimum absolute atomic E-state index is 0.106. The molecule has 1 amide bonds. The van der Waals surface area contributed by atoms with Gasteiger partial charge in [0.1, 0.15) is 4.83 Å². The number of fused-ring (bicyclic) bond motifs is 5. The van der Waals surface area contributed by atoms with Gasteiger partial charge in [-0.25, -0.2) is 14.4 Å². The molecule has 0 spiro atoms. The van der Waals surface area contributed by atoms with E-state index < -0.39 is 0 Å². The number of carbonyl (C=O) groups excluding carboxylic acids is 1. The van der Waals surface area contributed by atoms with Crippen LogP contribution in [0.4, 0.5) is 5.13 Å². The summed E-state index contributed by atoms with van der Waals surface area (Å²) in [6, 6.07) is 0. The molecule has 5 rings (SSSR count). The Labute approximate surface area is 196 Å². The third-order valence-corrected chi connectivity index (χ3v) is 8.87. The van der Waals surface area contributed by atoms with E-state index in [1.54, 1.807) is 29.3 Å². The standard InChI is InChI=1S/C20H22N6OS4/c1-10(2)30-19-23-17-15(14-11(3)5-4-6-12(14)31-17)16-24-25-20(26(16)19)29-9-13(27)22-18-21-7-8-28-18/h7-8,10-11H,4-6,9H2,1-3H3,(H,21,22,27)/t11-/m1/s1. The van der Waals surface area contributed by atoms with Crippen LogP contribution in [0.15, 0.2) is 21.9 Å². The van der Waals surface area contributed by atoms with Gasteiger partial charge in [-0.2, -0.15) is 0 Å². The van der Waals surface area contributed by atoms with Crippen LogP contribution in [0.1, 0.15) is 50.0 Å². The molecule has 1 N–H and O–H groups in total. The van der Waals surface area contributed by atoms with Gasteiger partial charge in [0.05, 0.1) is 11.1 Å². The van der Waals surface area contributed by atoms with Gasteiger partial charge in [0, 0.05) is 21.7 Å². The van der Waals surface area contributed by atoms with E-state index in [-0.39, 0.29) is 11.7 Å². The van der Waals surface area contributed by atoms with Crippen molar-refractivity contribution in [3.63, 3.8) is 0 Å². The Hall–Kier alpha value is -1.69. The molecule has 1 atom stereocenters. The number of anilines is 1. The fraction of sp³-hybridized carbons (Fsp3) is 0.450. The Morgan fingerprint density at radius 2 is 2.23 bits per heavy atom. The van der Waals surface area contributed by atoms with Crippen molar-refractivity contribution in [2.75, 3.05) is 11.1 Å². The number of hydrogen-bond donors (Lipinski definition) is 1. The number of nitrogens with one attached hydrogen (secondary N) is 1. The number of thioether (sulfide) groups is 2. The number of aromatic nitrogens is 5. The van der Waals surface area contributed by atoms with Crippen LogP contribution >= 0.6 is 46.2 Å². The average molecular weight is 491 g/mol. The van der Waals surface area contributed by atoms with Gasteiger partial charge in [0.2, 0.25) is 5.91 Å². The van der Waals surface area contributed by atoms with Gasteiger partial charge in [-0.15, -0.1) is 32.9 Å². The Kier molecular flexibility index (Phi) is 5.93. The highest BCUT2D eigenvalue weighted by molar-refractivity contribution is 8.00. The van der Waals surface area contributed by atoms with Crippen molar-refractivity contribution < 1.29 is 4.79 Å². The molecule has 4 aromatic rings. The van der Waals surface area contributed by atoms with Gasteiger partial charge in [0.25, 0.3) is 0 Å². The van der Waals surface area contributed by atoms with Crippen molar-refractivity contribution in [3.8, 4) is 0 Å². The second-order valence-corrected chi connectivity index (χ2v) is 12.3. The van der Waals surface area contributed by atoms with Gasteiger partial charge in [-0.3, -0.25) is 4.79 Å². The second-order valence-electron chi connectivity index (χ2n) is 7.79. The minimum Gasteiger partial charge on any atom is -0.301 e. The molecule has 0 aliphatic heterocycles. The maximum atomic E-state index is 12.4. The fourth-order valence-corrected chi connectivity index (χ4v) is 7.45. The number of aryl methyl sites for hydroxylation is 1. The van der Waals surface area contributed by atoms with Crippen molar-refractivity contribution >= 4 is 73.1 Å². The van der Waals surface area contributed by atoms with E-state index in [0.29, 0.717) is 21.5 Å². The number of nitrogens with zero attached hydrogens (tertiary/aromatic N) is 5. The largest absolute Gasteiger partial charge is 0.301 e. The van der Waals surface area contributed by atoms with E-state index in [1.807, 2.05) is 9.78 Å². The SMILES string of the molecule is CC(C)Sc1nc2sc3c(c2c2nnc(SCC(=O)Nc4nccs4)n12)[C@H](C)CCC3. The molecule has 1 aliphatic rings. The van der Waals surface area contributed by atoms with Crippen LogP contribution in [0.25, 0.3) is 15.9 Å². The molecule has 0 radical (unpaired) electrons. The quantitative estimate of drug-likeness (QED) is 0.283. The van der Waals surface area contributed by atoms with Crippen molar-refractivity contribution in [2.45, 2.75) is 61.5 Å². The summed E-state index contributed by atoms with van der Waals surface area (Å²) in [4.78, 5) is 24.0. The summed E-state index contributed by atoms with van der Waals surface area (Å²) >= 11 is 6.30. The zero-order valence-corrected chi connectivity index (χ0v) is 20.7. The molecule has 4 aromatic heterocycles. The number of thiazole rings is 1. The first kappa shape index (κ1) is 21.2. The van der Waals surface area contributed by atoms with Crippen molar-refractivity contribution in [1.82, 2.24) is 24.6 Å². The van der Waals surface area contributed by atoms with Crippen molar-refractivity contribution in [1.29, 1.82) is 0 Å². The highest BCUT2D eigenvalue weighted by Crippen LogP contribution is 2.44. The molecule has 0 saturated carbocycles. The number of carbonyl (C=O) groups is 1. The Bertz CT molecular complexity index is 1250. The molecule has 0 aromatic carbocycles. The monoisotopic (exact) mass is 490 g/mol. The summed E-state index contributed by atoms with van der Waals surface area (Å²) in [6.07, 6.45) is 5.22. The fourth-order valence-electron chi connectivity index (χ4n) is 3.89. The summed E-state index contributed by atoms with van der Waals surface area (Å²) in [5.74, 6) is 0.636. The van der Waals surface area contributed by atoms with E-state index in [4.69, 9.17) is 4.98 Å². The first-order valence-electron chi connectivity index (χ1n) is 10.2. The van der Waals surface area contributed by atoms with Crippen LogP contribution in [0.5, 0.6) is 0 Å². The normalized spacial score (nSPS) is 16.3. The van der Waals surface area contributed by atoms with Gasteiger partial charge >= 0.3 is 0 Å². The number of thiophene rings is 1. The lowest BCUT2D eigenvalue weighted by molar-refractivity contribution is -0.113. The first-order valence-corrected chi connectivity index (χ1v) is 13.8. The van der Waals surface area contributed by atoms with E-state index in [0.717, 1.165) is 27.4 Å². The third kappa shape index (κ3) is 4.08. The molecule has 1 aliphatic carbocycles. The molecule has 0 fully saturated rings. The van der Waals surface area contributed by atoms with Gasteiger partial charge < -0.3 is 5.32 Å². The van der Waals surface area contributed by atoms with E-state index in [2.05, 4.69) is 41.3 Å². The summed E-state index contributed by atoms with van der Waals surface area (Å²) in [5.41, 5.74) is 2.26. The lowest BCUT2D eigenvalue weighted by atomic mass is 9.87. The van der Waals surface area contributed by atoms with Crippen LogP contribution in [0.2, 0.25) is 0 Å². The zero-order valence-electron chi connectivity index (χ0n) is 17.4.